The SMILES string of the molecule is CCCC[C@H](O)[C@H](N)c1cc(F)ccc1OC.Cl. The van der Waals surface area contributed by atoms with E-state index in [1.807, 2.05) is 6.92 Å². The second-order valence-electron chi connectivity index (χ2n) is 4.12. The maximum atomic E-state index is 13.2. The molecule has 0 fully saturated rings. The molecule has 104 valence electrons. The van der Waals surface area contributed by atoms with Crippen molar-refractivity contribution in [3.8, 4) is 5.75 Å². The minimum Gasteiger partial charge on any atom is -0.496 e. The first kappa shape index (κ1) is 17.2. The van der Waals surface area contributed by atoms with Gasteiger partial charge in [-0.2, -0.15) is 0 Å². The average Bonchev–Trinajstić information content (AvgIpc) is 2.34. The summed E-state index contributed by atoms with van der Waals surface area (Å²) in [7, 11) is 1.50. The van der Waals surface area contributed by atoms with E-state index in [4.69, 9.17) is 10.5 Å². The van der Waals surface area contributed by atoms with Crippen LogP contribution in [0.4, 0.5) is 4.39 Å². The second kappa shape index (κ2) is 8.29. The molecule has 0 aliphatic carbocycles. The summed E-state index contributed by atoms with van der Waals surface area (Å²) in [5.41, 5.74) is 6.44. The summed E-state index contributed by atoms with van der Waals surface area (Å²) in [4.78, 5) is 0. The summed E-state index contributed by atoms with van der Waals surface area (Å²) in [6.45, 7) is 2.04. The molecule has 0 aliphatic heterocycles. The summed E-state index contributed by atoms with van der Waals surface area (Å²) >= 11 is 0. The molecule has 5 heteroatoms. The molecule has 0 saturated heterocycles. The van der Waals surface area contributed by atoms with Crippen molar-refractivity contribution in [3.05, 3.63) is 29.6 Å². The third kappa shape index (κ3) is 4.44. The Kier molecular flexibility index (Phi) is 7.91. The summed E-state index contributed by atoms with van der Waals surface area (Å²) in [6, 6.07) is 3.54. The summed E-state index contributed by atoms with van der Waals surface area (Å²) in [5, 5.41) is 9.91. The van der Waals surface area contributed by atoms with E-state index in [-0.39, 0.29) is 18.2 Å². The van der Waals surface area contributed by atoms with Gasteiger partial charge in [-0.1, -0.05) is 19.8 Å². The fraction of sp³-hybridized carbons (Fsp3) is 0.538. The van der Waals surface area contributed by atoms with Gasteiger partial charge in [-0.15, -0.1) is 12.4 Å². The summed E-state index contributed by atoms with van der Waals surface area (Å²) in [5.74, 6) is 0.133. The zero-order valence-corrected chi connectivity index (χ0v) is 11.5. The van der Waals surface area contributed by atoms with E-state index in [1.54, 1.807) is 0 Å². The van der Waals surface area contributed by atoms with E-state index in [1.165, 1.54) is 25.3 Å². The molecule has 0 aromatic heterocycles. The van der Waals surface area contributed by atoms with Gasteiger partial charge in [0.1, 0.15) is 11.6 Å². The highest BCUT2D eigenvalue weighted by atomic mass is 35.5. The lowest BCUT2D eigenvalue weighted by Gasteiger charge is -2.21. The molecule has 1 rings (SSSR count). The van der Waals surface area contributed by atoms with Crippen molar-refractivity contribution in [1.29, 1.82) is 0 Å². The van der Waals surface area contributed by atoms with Crippen LogP contribution >= 0.6 is 12.4 Å². The number of benzene rings is 1. The molecule has 1 aromatic carbocycles. The Bertz CT molecular complexity index is 363. The normalized spacial score (nSPS) is 13.6. The number of ether oxygens (including phenoxy) is 1. The number of methoxy groups -OCH3 is 1. The maximum absolute atomic E-state index is 13.2. The molecule has 1 aromatic rings. The highest BCUT2D eigenvalue weighted by molar-refractivity contribution is 5.85. The standard InChI is InChI=1S/C13H20FNO2.ClH/c1-3-4-5-11(16)13(15)10-8-9(14)6-7-12(10)17-2;/h6-8,11,13,16H,3-5,15H2,1-2H3;1H/t11-,13+;/m0./s1. The molecule has 0 saturated carbocycles. The molecule has 18 heavy (non-hydrogen) atoms. The van der Waals surface area contributed by atoms with E-state index < -0.39 is 12.1 Å². The lowest BCUT2D eigenvalue weighted by atomic mass is 9.97. The van der Waals surface area contributed by atoms with Crippen LogP contribution in [0.2, 0.25) is 0 Å². The molecule has 3 nitrogen and oxygen atoms in total. The van der Waals surface area contributed by atoms with Crippen molar-refractivity contribution in [3.63, 3.8) is 0 Å². The molecule has 0 heterocycles. The molecule has 0 aliphatic rings. The Morgan fingerprint density at radius 1 is 1.44 bits per heavy atom. The number of halogens is 2. The average molecular weight is 278 g/mol. The number of rotatable bonds is 6. The van der Waals surface area contributed by atoms with Crippen molar-refractivity contribution in [2.24, 2.45) is 5.73 Å². The molecule has 0 radical (unpaired) electrons. The monoisotopic (exact) mass is 277 g/mol. The quantitative estimate of drug-likeness (QED) is 0.841. The van der Waals surface area contributed by atoms with Gasteiger partial charge >= 0.3 is 0 Å². The van der Waals surface area contributed by atoms with Crippen LogP contribution in [0.1, 0.15) is 37.8 Å². The summed E-state index contributed by atoms with van der Waals surface area (Å²) in [6.07, 6.45) is 1.82. The Morgan fingerprint density at radius 2 is 2.11 bits per heavy atom. The van der Waals surface area contributed by atoms with Crippen LogP contribution in [0.15, 0.2) is 18.2 Å². The van der Waals surface area contributed by atoms with E-state index in [0.29, 0.717) is 17.7 Å². The van der Waals surface area contributed by atoms with Crippen molar-refractivity contribution in [1.82, 2.24) is 0 Å². The fourth-order valence-electron chi connectivity index (χ4n) is 1.77. The Labute approximate surface area is 114 Å². The highest BCUT2D eigenvalue weighted by Crippen LogP contribution is 2.28. The molecule has 0 amide bonds. The van der Waals surface area contributed by atoms with Crippen LogP contribution in [-0.4, -0.2) is 18.3 Å². The van der Waals surface area contributed by atoms with E-state index in [9.17, 15) is 9.50 Å². The molecule has 0 unspecified atom stereocenters. The predicted molar refractivity (Wildman–Crippen MR) is 72.7 cm³/mol. The van der Waals surface area contributed by atoms with E-state index >= 15 is 0 Å². The van der Waals surface area contributed by atoms with Crippen molar-refractivity contribution in [2.75, 3.05) is 7.11 Å². The van der Waals surface area contributed by atoms with Crippen LogP contribution in [0, 0.1) is 5.82 Å². The lowest BCUT2D eigenvalue weighted by molar-refractivity contribution is 0.131. The van der Waals surface area contributed by atoms with Gasteiger partial charge in [0.05, 0.1) is 19.3 Å². The zero-order chi connectivity index (χ0) is 12.8. The van der Waals surface area contributed by atoms with E-state index in [2.05, 4.69) is 0 Å². The minimum atomic E-state index is -0.675. The van der Waals surface area contributed by atoms with Crippen molar-refractivity contribution < 1.29 is 14.2 Å². The lowest BCUT2D eigenvalue weighted by Crippen LogP contribution is -2.26. The third-order valence-corrected chi connectivity index (χ3v) is 2.82. The van der Waals surface area contributed by atoms with Gasteiger partial charge < -0.3 is 15.6 Å². The van der Waals surface area contributed by atoms with Crippen LogP contribution in [-0.2, 0) is 0 Å². The molecular formula is C13H21ClFNO2. The van der Waals surface area contributed by atoms with Gasteiger partial charge in [-0.25, -0.2) is 4.39 Å². The zero-order valence-electron chi connectivity index (χ0n) is 10.7. The first-order valence-corrected chi connectivity index (χ1v) is 5.87. The highest BCUT2D eigenvalue weighted by Gasteiger charge is 2.20. The van der Waals surface area contributed by atoms with Crippen LogP contribution < -0.4 is 10.5 Å². The van der Waals surface area contributed by atoms with E-state index in [0.717, 1.165) is 12.8 Å². The van der Waals surface area contributed by atoms with Gasteiger partial charge in [0.25, 0.3) is 0 Å². The molecule has 2 atom stereocenters. The fourth-order valence-corrected chi connectivity index (χ4v) is 1.77. The first-order valence-electron chi connectivity index (χ1n) is 5.87. The van der Waals surface area contributed by atoms with Crippen LogP contribution in [0.5, 0.6) is 5.75 Å². The second-order valence-corrected chi connectivity index (χ2v) is 4.12. The number of hydrogen-bond acceptors (Lipinski definition) is 3. The minimum absolute atomic E-state index is 0. The van der Waals surface area contributed by atoms with Gasteiger partial charge in [0, 0.05) is 5.56 Å². The van der Waals surface area contributed by atoms with Crippen molar-refractivity contribution >= 4 is 12.4 Å². The maximum Gasteiger partial charge on any atom is 0.123 e. The smallest absolute Gasteiger partial charge is 0.123 e. The Hall–Kier alpha value is -0.840. The Balaban J connectivity index is 0.00000289. The molecule has 0 spiro atoms. The van der Waals surface area contributed by atoms with Gasteiger partial charge in [-0.3, -0.25) is 0 Å². The third-order valence-electron chi connectivity index (χ3n) is 2.82. The van der Waals surface area contributed by atoms with Crippen LogP contribution in [0.25, 0.3) is 0 Å². The molecular weight excluding hydrogens is 257 g/mol. The van der Waals surface area contributed by atoms with Gasteiger partial charge in [0.2, 0.25) is 0 Å². The van der Waals surface area contributed by atoms with Crippen LogP contribution in [0.3, 0.4) is 0 Å². The Morgan fingerprint density at radius 3 is 2.67 bits per heavy atom. The number of nitrogens with two attached hydrogens (primary N) is 1. The summed E-state index contributed by atoms with van der Waals surface area (Å²) < 4.78 is 18.3. The number of unbranched alkanes of at least 4 members (excludes halogenated alkanes) is 1. The topological polar surface area (TPSA) is 55.5 Å². The predicted octanol–water partition coefficient (Wildman–Crippen LogP) is 2.81. The number of aliphatic hydroxyl groups is 1. The van der Waals surface area contributed by atoms with Crippen molar-refractivity contribution in [2.45, 2.75) is 38.3 Å². The number of hydrogen-bond donors (Lipinski definition) is 2. The van der Waals surface area contributed by atoms with Gasteiger partial charge in [0.15, 0.2) is 0 Å². The first-order chi connectivity index (χ1) is 8.10. The molecule has 0 bridgehead atoms. The number of aliphatic hydroxyl groups excluding tert-OH is 1. The largest absolute Gasteiger partial charge is 0.496 e. The molecule has 3 N–H and O–H groups in total. The van der Waals surface area contributed by atoms with Gasteiger partial charge in [-0.05, 0) is 24.6 Å².